The molecule has 0 bridgehead atoms. The van der Waals surface area contributed by atoms with E-state index >= 15 is 0 Å². The number of amides is 2. The first-order valence-electron chi connectivity index (χ1n) is 13.3. The van der Waals surface area contributed by atoms with E-state index in [1.54, 1.807) is 4.90 Å². The number of rotatable bonds is 17. The van der Waals surface area contributed by atoms with Gasteiger partial charge in [-0.05, 0) is 62.4 Å². The van der Waals surface area contributed by atoms with E-state index in [9.17, 15) is 9.59 Å². The van der Waals surface area contributed by atoms with Crippen LogP contribution in [0.1, 0.15) is 80.9 Å². The predicted molar refractivity (Wildman–Crippen MR) is 142 cm³/mol. The molecule has 0 fully saturated rings. The normalized spacial score (nSPS) is 11.0. The monoisotopic (exact) mass is 483 g/mol. The molecule has 1 aromatic carbocycles. The van der Waals surface area contributed by atoms with E-state index in [2.05, 4.69) is 13.8 Å². The van der Waals surface area contributed by atoms with E-state index in [-0.39, 0.29) is 18.4 Å². The highest BCUT2D eigenvalue weighted by Gasteiger charge is 2.23. The lowest BCUT2D eigenvalue weighted by molar-refractivity contribution is -0.132. The summed E-state index contributed by atoms with van der Waals surface area (Å²) in [7, 11) is 1.99. The molecule has 0 radical (unpaired) electrons. The summed E-state index contributed by atoms with van der Waals surface area (Å²) in [5, 5.41) is 0. The third-order valence-electron chi connectivity index (χ3n) is 6.34. The van der Waals surface area contributed by atoms with Gasteiger partial charge in [-0.15, -0.1) is 0 Å². The van der Waals surface area contributed by atoms with Crippen molar-refractivity contribution in [3.05, 3.63) is 59.4 Å². The number of aryl methyl sites for hydroxylation is 2. The molecule has 194 valence electrons. The van der Waals surface area contributed by atoms with Crippen LogP contribution in [0.2, 0.25) is 0 Å². The van der Waals surface area contributed by atoms with Crippen molar-refractivity contribution in [3.63, 3.8) is 0 Å². The van der Waals surface area contributed by atoms with Crippen LogP contribution in [0.25, 0.3) is 0 Å². The molecule has 35 heavy (non-hydrogen) atoms. The van der Waals surface area contributed by atoms with Crippen molar-refractivity contribution in [1.29, 1.82) is 0 Å². The Morgan fingerprint density at radius 2 is 1.60 bits per heavy atom. The van der Waals surface area contributed by atoms with Crippen LogP contribution in [-0.4, -0.2) is 59.0 Å². The Balaban J connectivity index is 2.12. The second-order valence-electron chi connectivity index (χ2n) is 9.21. The van der Waals surface area contributed by atoms with Crippen molar-refractivity contribution in [2.45, 2.75) is 72.3 Å². The van der Waals surface area contributed by atoms with Crippen LogP contribution in [0.5, 0.6) is 0 Å². The molecule has 6 nitrogen and oxygen atoms in total. The Labute approximate surface area is 212 Å². The zero-order valence-corrected chi connectivity index (χ0v) is 22.3. The molecule has 0 aliphatic rings. The van der Waals surface area contributed by atoms with Crippen molar-refractivity contribution < 1.29 is 14.3 Å². The minimum Gasteiger partial charge on any atom is -0.382 e. The number of carbonyl (C=O) groups is 2. The number of carbonyl (C=O) groups excluding carboxylic acids is 2. The molecule has 1 heterocycles. The van der Waals surface area contributed by atoms with Gasteiger partial charge in [-0.2, -0.15) is 0 Å². The average molecular weight is 484 g/mol. The quantitative estimate of drug-likeness (QED) is 0.281. The minimum atomic E-state index is -0.0933. The summed E-state index contributed by atoms with van der Waals surface area (Å²) in [4.78, 5) is 30.4. The number of hydrogen-bond donors (Lipinski definition) is 0. The Morgan fingerprint density at radius 3 is 2.23 bits per heavy atom. The summed E-state index contributed by atoms with van der Waals surface area (Å²) in [6.07, 6.45) is 9.25. The molecule has 0 saturated carbocycles. The Hall–Kier alpha value is -2.60. The van der Waals surface area contributed by atoms with Gasteiger partial charge in [-0.3, -0.25) is 9.59 Å². The van der Waals surface area contributed by atoms with Gasteiger partial charge in [0.25, 0.3) is 5.91 Å². The SMILES string of the molecule is CCCCCc1ccc(C(=O)N(CCCOCC)CC(=O)N(CCCC)Cc2cccn2C)cc1. The van der Waals surface area contributed by atoms with E-state index in [1.807, 2.05) is 66.0 Å². The molecule has 0 saturated heterocycles. The highest BCUT2D eigenvalue weighted by Crippen LogP contribution is 2.13. The summed E-state index contributed by atoms with van der Waals surface area (Å²) < 4.78 is 7.53. The van der Waals surface area contributed by atoms with Gasteiger partial charge >= 0.3 is 0 Å². The summed E-state index contributed by atoms with van der Waals surface area (Å²) in [6.45, 7) is 9.33. The van der Waals surface area contributed by atoms with Crippen LogP contribution in [0.15, 0.2) is 42.6 Å². The molecule has 6 heteroatoms. The molecule has 2 aromatic rings. The highest BCUT2D eigenvalue weighted by molar-refractivity contribution is 5.96. The van der Waals surface area contributed by atoms with Crippen molar-refractivity contribution in [1.82, 2.24) is 14.4 Å². The molecule has 2 amide bonds. The molecule has 0 atom stereocenters. The average Bonchev–Trinajstić information content (AvgIpc) is 3.27. The lowest BCUT2D eigenvalue weighted by atomic mass is 10.0. The highest BCUT2D eigenvalue weighted by atomic mass is 16.5. The largest absolute Gasteiger partial charge is 0.382 e. The van der Waals surface area contributed by atoms with Gasteiger partial charge in [0.15, 0.2) is 0 Å². The smallest absolute Gasteiger partial charge is 0.254 e. The maximum absolute atomic E-state index is 13.4. The van der Waals surface area contributed by atoms with Crippen LogP contribution in [0.3, 0.4) is 0 Å². The summed E-state index contributed by atoms with van der Waals surface area (Å²) in [5.74, 6) is -0.107. The van der Waals surface area contributed by atoms with E-state index in [0.717, 1.165) is 31.4 Å². The molecule has 0 N–H and O–H groups in total. The van der Waals surface area contributed by atoms with Gasteiger partial charge in [0.1, 0.15) is 6.54 Å². The lowest BCUT2D eigenvalue weighted by Gasteiger charge is -2.28. The number of hydrogen-bond acceptors (Lipinski definition) is 3. The van der Waals surface area contributed by atoms with E-state index < -0.39 is 0 Å². The molecule has 0 spiro atoms. The Kier molecular flexibility index (Phi) is 13.2. The van der Waals surface area contributed by atoms with Crippen LogP contribution >= 0.6 is 0 Å². The first-order valence-corrected chi connectivity index (χ1v) is 13.3. The van der Waals surface area contributed by atoms with Gasteiger partial charge in [0.2, 0.25) is 5.91 Å². The topological polar surface area (TPSA) is 54.8 Å². The van der Waals surface area contributed by atoms with E-state index in [0.29, 0.717) is 44.8 Å². The molecule has 2 rings (SSSR count). The van der Waals surface area contributed by atoms with Crippen LogP contribution < -0.4 is 0 Å². The van der Waals surface area contributed by atoms with E-state index in [4.69, 9.17) is 4.74 Å². The molecular weight excluding hydrogens is 438 g/mol. The first-order chi connectivity index (χ1) is 17.0. The Morgan fingerprint density at radius 1 is 0.886 bits per heavy atom. The summed E-state index contributed by atoms with van der Waals surface area (Å²) in [5.41, 5.74) is 2.97. The number of benzene rings is 1. The fraction of sp³-hybridized carbons (Fsp3) is 0.586. The van der Waals surface area contributed by atoms with Crippen molar-refractivity contribution in [2.24, 2.45) is 7.05 Å². The zero-order chi connectivity index (χ0) is 25.5. The Bertz CT molecular complexity index is 876. The number of ether oxygens (including phenoxy) is 1. The zero-order valence-electron chi connectivity index (χ0n) is 22.3. The number of aromatic nitrogens is 1. The molecule has 0 aliphatic heterocycles. The van der Waals surface area contributed by atoms with Gasteiger partial charge in [0.05, 0.1) is 6.54 Å². The van der Waals surface area contributed by atoms with Crippen molar-refractivity contribution >= 4 is 11.8 Å². The third kappa shape index (κ3) is 9.88. The van der Waals surface area contributed by atoms with Gasteiger partial charge < -0.3 is 19.1 Å². The van der Waals surface area contributed by atoms with Crippen molar-refractivity contribution in [2.75, 3.05) is 32.8 Å². The minimum absolute atomic E-state index is 0.0133. The predicted octanol–water partition coefficient (Wildman–Crippen LogP) is 5.46. The third-order valence-corrected chi connectivity index (χ3v) is 6.34. The summed E-state index contributed by atoms with van der Waals surface area (Å²) >= 11 is 0. The van der Waals surface area contributed by atoms with Crippen LogP contribution in [0.4, 0.5) is 0 Å². The standard InChI is InChI=1S/C29H45N3O3/c1-5-8-10-13-25-15-17-26(18-16-25)29(34)32(21-12-22-35-7-3)24-28(33)31(20-9-6-2)23-27-14-11-19-30(27)4/h11,14-19H,5-10,12-13,20-24H2,1-4H3. The van der Waals surface area contributed by atoms with Gasteiger partial charge in [-0.25, -0.2) is 0 Å². The van der Waals surface area contributed by atoms with Gasteiger partial charge in [-0.1, -0.05) is 45.2 Å². The molecule has 0 unspecified atom stereocenters. The molecule has 0 aliphatic carbocycles. The fourth-order valence-electron chi connectivity index (χ4n) is 4.09. The fourth-order valence-corrected chi connectivity index (χ4v) is 4.09. The van der Waals surface area contributed by atoms with Crippen LogP contribution in [0, 0.1) is 0 Å². The number of unbranched alkanes of at least 4 members (excludes halogenated alkanes) is 3. The second-order valence-corrected chi connectivity index (χ2v) is 9.21. The molecular formula is C29H45N3O3. The van der Waals surface area contributed by atoms with E-state index in [1.165, 1.54) is 18.4 Å². The summed E-state index contributed by atoms with van der Waals surface area (Å²) in [6, 6.07) is 11.9. The van der Waals surface area contributed by atoms with Crippen molar-refractivity contribution in [3.8, 4) is 0 Å². The lowest BCUT2D eigenvalue weighted by Crippen LogP contribution is -2.43. The maximum atomic E-state index is 13.4. The van der Waals surface area contributed by atoms with Crippen LogP contribution in [-0.2, 0) is 29.5 Å². The number of nitrogens with zero attached hydrogens (tertiary/aromatic N) is 3. The second kappa shape index (κ2) is 16.1. The first kappa shape index (κ1) is 28.6. The van der Waals surface area contributed by atoms with Gasteiger partial charge in [0, 0.05) is 50.8 Å². The maximum Gasteiger partial charge on any atom is 0.254 e. The molecule has 1 aromatic heterocycles.